The van der Waals surface area contributed by atoms with E-state index in [1.165, 1.54) is 24.4 Å². The standard InChI is InChI=1S/C24H17ClF3NO3.Na.H/c25-15-9-19(23(29-11-15)32-12-14-4-6-16(26)10-22(14)28)18-3-1-2-17(18)13-5-7-21(27)20(8-13)24(30)31;;/h4-11H,1-3,12H2,(H,30,31);;. The molecule has 0 saturated carbocycles. The molecular formula is C24H18ClF3NNaO3. The maximum atomic E-state index is 14.0. The molecule has 9 heteroatoms. The van der Waals surface area contributed by atoms with E-state index in [1.54, 1.807) is 6.07 Å². The van der Waals surface area contributed by atoms with Crippen molar-refractivity contribution in [3.63, 3.8) is 0 Å². The second-order valence-electron chi connectivity index (χ2n) is 7.34. The number of aromatic carboxylic acids is 1. The number of pyridine rings is 1. The number of allylic oxidation sites excluding steroid dienone is 2. The fraction of sp³-hybridized carbons (Fsp3) is 0.167. The molecule has 2 aromatic carbocycles. The normalized spacial score (nSPS) is 13.1. The first-order chi connectivity index (χ1) is 15.3. The third-order valence-corrected chi connectivity index (χ3v) is 5.49. The molecule has 0 radical (unpaired) electrons. The van der Waals surface area contributed by atoms with Crippen LogP contribution in [0.2, 0.25) is 5.02 Å². The van der Waals surface area contributed by atoms with Crippen LogP contribution < -0.4 is 4.74 Å². The summed E-state index contributed by atoms with van der Waals surface area (Å²) in [5, 5.41) is 9.62. The number of carbonyl (C=O) groups is 1. The zero-order valence-corrected chi connectivity index (χ0v) is 17.4. The van der Waals surface area contributed by atoms with Crippen LogP contribution in [-0.4, -0.2) is 45.6 Å². The predicted molar refractivity (Wildman–Crippen MR) is 121 cm³/mol. The van der Waals surface area contributed by atoms with Crippen molar-refractivity contribution in [3.05, 3.63) is 93.4 Å². The Morgan fingerprint density at radius 3 is 2.52 bits per heavy atom. The van der Waals surface area contributed by atoms with Gasteiger partial charge in [-0.1, -0.05) is 17.7 Å². The number of halogens is 4. The summed E-state index contributed by atoms with van der Waals surface area (Å²) in [4.78, 5) is 15.6. The van der Waals surface area contributed by atoms with E-state index in [2.05, 4.69) is 4.98 Å². The molecule has 1 N–H and O–H groups in total. The van der Waals surface area contributed by atoms with Crippen molar-refractivity contribution in [3.8, 4) is 5.88 Å². The Bertz CT molecular complexity index is 1250. The SMILES string of the molecule is O=C(O)c1cc(C2=C(c3cc(Cl)cnc3OCc3ccc(F)cc3F)CCC2)ccc1F.[NaH]. The number of nitrogens with zero attached hydrogens (tertiary/aromatic N) is 1. The zero-order chi connectivity index (χ0) is 22.8. The molecule has 0 atom stereocenters. The maximum absolute atomic E-state index is 14.0. The summed E-state index contributed by atoms with van der Waals surface area (Å²) < 4.78 is 46.8. The van der Waals surface area contributed by atoms with Gasteiger partial charge in [-0.2, -0.15) is 0 Å². The Kier molecular flexibility index (Phi) is 8.23. The van der Waals surface area contributed by atoms with Gasteiger partial charge < -0.3 is 9.84 Å². The van der Waals surface area contributed by atoms with Gasteiger partial charge in [-0.3, -0.25) is 0 Å². The average Bonchev–Trinajstić information content (AvgIpc) is 3.23. The first-order valence-electron chi connectivity index (χ1n) is 9.81. The Morgan fingerprint density at radius 1 is 1.03 bits per heavy atom. The van der Waals surface area contributed by atoms with Crippen LogP contribution in [0.3, 0.4) is 0 Å². The van der Waals surface area contributed by atoms with Gasteiger partial charge in [-0.05, 0) is 66.3 Å². The summed E-state index contributed by atoms with van der Waals surface area (Å²) >= 11 is 6.17. The van der Waals surface area contributed by atoms with Gasteiger partial charge in [-0.25, -0.2) is 22.9 Å². The summed E-state index contributed by atoms with van der Waals surface area (Å²) in [5.74, 6) is -3.35. The van der Waals surface area contributed by atoms with Crippen molar-refractivity contribution < 1.29 is 27.8 Å². The van der Waals surface area contributed by atoms with Crippen molar-refractivity contribution in [2.45, 2.75) is 25.9 Å². The van der Waals surface area contributed by atoms with Crippen LogP contribution in [-0.2, 0) is 6.61 Å². The van der Waals surface area contributed by atoms with E-state index in [0.717, 1.165) is 35.8 Å². The third kappa shape index (κ3) is 5.61. The fourth-order valence-corrected chi connectivity index (χ4v) is 3.94. The molecule has 0 bridgehead atoms. The molecule has 0 spiro atoms. The van der Waals surface area contributed by atoms with E-state index in [1.807, 2.05) is 0 Å². The molecule has 4 rings (SSSR count). The number of carboxylic acid groups (broad SMARTS) is 1. The minimum atomic E-state index is -1.35. The number of aromatic nitrogens is 1. The molecule has 1 aliphatic carbocycles. The molecule has 0 fully saturated rings. The average molecular weight is 484 g/mol. The van der Waals surface area contributed by atoms with Gasteiger partial charge >= 0.3 is 35.5 Å². The Hall–Kier alpha value is -2.32. The van der Waals surface area contributed by atoms with E-state index in [0.29, 0.717) is 29.0 Å². The molecule has 0 saturated heterocycles. The van der Waals surface area contributed by atoms with Crippen molar-refractivity contribution in [1.82, 2.24) is 4.98 Å². The third-order valence-electron chi connectivity index (χ3n) is 5.29. The van der Waals surface area contributed by atoms with Gasteiger partial charge in [0, 0.05) is 23.4 Å². The molecule has 1 heterocycles. The molecule has 0 unspecified atom stereocenters. The first kappa shape index (κ1) is 25.3. The van der Waals surface area contributed by atoms with Crippen LogP contribution in [0.25, 0.3) is 11.1 Å². The zero-order valence-electron chi connectivity index (χ0n) is 16.7. The van der Waals surface area contributed by atoms with Gasteiger partial charge in [-0.15, -0.1) is 0 Å². The number of benzene rings is 2. The van der Waals surface area contributed by atoms with E-state index in [4.69, 9.17) is 16.3 Å². The summed E-state index contributed by atoms with van der Waals surface area (Å²) in [6, 6.07) is 8.87. The summed E-state index contributed by atoms with van der Waals surface area (Å²) in [6.45, 7) is -0.171. The van der Waals surface area contributed by atoms with Crippen molar-refractivity contribution >= 4 is 58.3 Å². The number of rotatable bonds is 6. The van der Waals surface area contributed by atoms with Crippen molar-refractivity contribution in [1.29, 1.82) is 0 Å². The van der Waals surface area contributed by atoms with Gasteiger partial charge in [0.1, 0.15) is 24.1 Å². The second kappa shape index (κ2) is 10.7. The Labute approximate surface area is 215 Å². The number of hydrogen-bond donors (Lipinski definition) is 1. The molecule has 0 amide bonds. The molecule has 1 aromatic heterocycles. The summed E-state index contributed by atoms with van der Waals surface area (Å²) in [7, 11) is 0. The second-order valence-corrected chi connectivity index (χ2v) is 7.78. The Morgan fingerprint density at radius 2 is 1.79 bits per heavy atom. The van der Waals surface area contributed by atoms with Gasteiger partial charge in [0.05, 0.1) is 10.6 Å². The minimum absolute atomic E-state index is 0. The number of ether oxygens (including phenoxy) is 1. The first-order valence-corrected chi connectivity index (χ1v) is 10.2. The number of carboxylic acids is 1. The topological polar surface area (TPSA) is 59.4 Å². The quantitative estimate of drug-likeness (QED) is 0.445. The van der Waals surface area contributed by atoms with Crippen LogP contribution in [0.5, 0.6) is 5.88 Å². The predicted octanol–water partition coefficient (Wildman–Crippen LogP) is 5.88. The van der Waals surface area contributed by atoms with E-state index in [-0.39, 0.29) is 47.6 Å². The van der Waals surface area contributed by atoms with Gasteiger partial charge in [0.2, 0.25) is 5.88 Å². The molecule has 4 nitrogen and oxygen atoms in total. The fourth-order valence-electron chi connectivity index (χ4n) is 3.78. The van der Waals surface area contributed by atoms with Gasteiger partial charge in [0.25, 0.3) is 0 Å². The molecule has 3 aromatic rings. The molecule has 0 aliphatic heterocycles. The van der Waals surface area contributed by atoms with E-state index < -0.39 is 29.0 Å². The van der Waals surface area contributed by atoms with Crippen LogP contribution in [0.15, 0.2) is 48.7 Å². The van der Waals surface area contributed by atoms with E-state index >= 15 is 0 Å². The van der Waals surface area contributed by atoms with Crippen LogP contribution >= 0.6 is 11.6 Å². The van der Waals surface area contributed by atoms with Crippen LogP contribution in [0.1, 0.15) is 46.3 Å². The molecule has 1 aliphatic rings. The molecule has 33 heavy (non-hydrogen) atoms. The monoisotopic (exact) mass is 483 g/mol. The van der Waals surface area contributed by atoms with Crippen LogP contribution in [0, 0.1) is 17.5 Å². The van der Waals surface area contributed by atoms with Crippen molar-refractivity contribution in [2.24, 2.45) is 0 Å². The van der Waals surface area contributed by atoms with Crippen molar-refractivity contribution in [2.75, 3.05) is 0 Å². The molecule has 166 valence electrons. The summed E-state index contributed by atoms with van der Waals surface area (Å²) in [5.41, 5.74) is 2.63. The Balaban J connectivity index is 0.00000306. The molecular weight excluding hydrogens is 466 g/mol. The van der Waals surface area contributed by atoms with E-state index in [9.17, 15) is 23.1 Å². The number of hydrogen-bond acceptors (Lipinski definition) is 3. The van der Waals surface area contributed by atoms with Crippen LogP contribution in [0.4, 0.5) is 13.2 Å². The van der Waals surface area contributed by atoms with Gasteiger partial charge in [0.15, 0.2) is 0 Å². The summed E-state index contributed by atoms with van der Waals surface area (Å²) in [6.07, 6.45) is 3.50.